The number of amides is 1. The fourth-order valence-corrected chi connectivity index (χ4v) is 1.86. The fraction of sp³-hybridized carbons (Fsp3) is 0.231. The van der Waals surface area contributed by atoms with Gasteiger partial charge in [0.15, 0.2) is 0 Å². The number of halogens is 1. The van der Waals surface area contributed by atoms with E-state index in [4.69, 9.17) is 11.6 Å². The van der Waals surface area contributed by atoms with Crippen LogP contribution in [0.15, 0.2) is 30.6 Å². The van der Waals surface area contributed by atoms with Gasteiger partial charge >= 0.3 is 0 Å². The molecule has 0 saturated heterocycles. The number of benzene rings is 1. The number of carbonyl (C=O) groups is 1. The molecule has 5 heteroatoms. The molecule has 0 spiro atoms. The first-order valence-corrected chi connectivity index (χ1v) is 6.08. The number of imidazole rings is 1. The maximum absolute atomic E-state index is 11.9. The Balaban J connectivity index is 1.93. The highest BCUT2D eigenvalue weighted by Crippen LogP contribution is 2.19. The normalized spacial score (nSPS) is 10.3. The van der Waals surface area contributed by atoms with Crippen LogP contribution in [0.4, 0.5) is 0 Å². The molecule has 2 rings (SSSR count). The van der Waals surface area contributed by atoms with Crippen molar-refractivity contribution in [3.63, 3.8) is 0 Å². The summed E-state index contributed by atoms with van der Waals surface area (Å²) in [7, 11) is 0. The van der Waals surface area contributed by atoms with Crippen molar-refractivity contribution in [1.82, 2.24) is 15.3 Å². The monoisotopic (exact) mass is 263 g/mol. The zero-order chi connectivity index (χ0) is 13.0. The third-order valence-electron chi connectivity index (χ3n) is 2.64. The molecule has 0 aliphatic carbocycles. The molecule has 4 nitrogen and oxygen atoms in total. The molecule has 1 heterocycles. The van der Waals surface area contributed by atoms with Crippen LogP contribution in [-0.2, 0) is 6.42 Å². The number of carbonyl (C=O) groups excluding carboxylic acids is 1. The second kappa shape index (κ2) is 5.69. The molecule has 2 N–H and O–H groups in total. The highest BCUT2D eigenvalue weighted by atomic mass is 35.5. The van der Waals surface area contributed by atoms with Gasteiger partial charge in [0.25, 0.3) is 5.91 Å². The number of H-pyrrole nitrogens is 1. The predicted octanol–water partition coefficient (Wildman–Crippen LogP) is 2.34. The van der Waals surface area contributed by atoms with Gasteiger partial charge in [-0.25, -0.2) is 4.98 Å². The molecule has 0 fully saturated rings. The van der Waals surface area contributed by atoms with Crippen LogP contribution in [0.25, 0.3) is 0 Å². The van der Waals surface area contributed by atoms with E-state index in [2.05, 4.69) is 15.3 Å². The van der Waals surface area contributed by atoms with Crippen LogP contribution < -0.4 is 5.32 Å². The fourth-order valence-electron chi connectivity index (χ4n) is 1.65. The predicted molar refractivity (Wildman–Crippen MR) is 70.8 cm³/mol. The molecule has 0 unspecified atom stereocenters. The van der Waals surface area contributed by atoms with E-state index in [0.29, 0.717) is 23.6 Å². The van der Waals surface area contributed by atoms with Crippen molar-refractivity contribution in [3.8, 4) is 0 Å². The summed E-state index contributed by atoms with van der Waals surface area (Å²) >= 11 is 6.09. The molecular weight excluding hydrogens is 250 g/mol. The van der Waals surface area contributed by atoms with Gasteiger partial charge in [-0.1, -0.05) is 23.7 Å². The summed E-state index contributed by atoms with van der Waals surface area (Å²) in [4.78, 5) is 19.0. The second-order valence-corrected chi connectivity index (χ2v) is 4.36. The molecule has 0 radical (unpaired) electrons. The summed E-state index contributed by atoms with van der Waals surface area (Å²) < 4.78 is 0. The molecule has 94 valence electrons. The van der Waals surface area contributed by atoms with Crippen molar-refractivity contribution in [1.29, 1.82) is 0 Å². The molecule has 0 aliphatic heterocycles. The highest BCUT2D eigenvalue weighted by molar-refractivity contribution is 6.34. The quantitative estimate of drug-likeness (QED) is 0.890. The van der Waals surface area contributed by atoms with Gasteiger partial charge in [0.2, 0.25) is 0 Å². The molecule has 1 aromatic heterocycles. The Morgan fingerprint density at radius 1 is 1.50 bits per heavy atom. The minimum atomic E-state index is -0.157. The minimum Gasteiger partial charge on any atom is -0.352 e. The zero-order valence-corrected chi connectivity index (χ0v) is 10.8. The Kier molecular flexibility index (Phi) is 3.99. The summed E-state index contributed by atoms with van der Waals surface area (Å²) in [6.07, 6.45) is 4.12. The van der Waals surface area contributed by atoms with E-state index in [1.807, 2.05) is 19.1 Å². The summed E-state index contributed by atoms with van der Waals surface area (Å²) in [5.41, 5.74) is 1.41. The van der Waals surface area contributed by atoms with Crippen LogP contribution in [0.3, 0.4) is 0 Å². The standard InChI is InChI=1S/C13H14ClN3O/c1-9-3-2-4-10(12(9)14)13(18)17-6-5-11-15-7-8-16-11/h2-4,7-8H,5-6H2,1H3,(H,15,16)(H,17,18). The number of nitrogens with one attached hydrogen (secondary N) is 2. The van der Waals surface area contributed by atoms with E-state index < -0.39 is 0 Å². The van der Waals surface area contributed by atoms with Crippen LogP contribution in [0.1, 0.15) is 21.7 Å². The Bertz CT molecular complexity index is 537. The summed E-state index contributed by atoms with van der Waals surface area (Å²) in [6.45, 7) is 2.40. The number of hydrogen-bond donors (Lipinski definition) is 2. The molecule has 2 aromatic rings. The SMILES string of the molecule is Cc1cccc(C(=O)NCCc2ncc[nH]2)c1Cl. The smallest absolute Gasteiger partial charge is 0.252 e. The van der Waals surface area contributed by atoms with E-state index >= 15 is 0 Å². The molecule has 18 heavy (non-hydrogen) atoms. The van der Waals surface area contributed by atoms with Crippen LogP contribution in [0.2, 0.25) is 5.02 Å². The van der Waals surface area contributed by atoms with Gasteiger partial charge in [0.1, 0.15) is 5.82 Å². The average molecular weight is 264 g/mol. The lowest BCUT2D eigenvalue weighted by atomic mass is 10.1. The molecule has 0 bridgehead atoms. The number of nitrogens with zero attached hydrogens (tertiary/aromatic N) is 1. The first-order chi connectivity index (χ1) is 8.68. The number of rotatable bonds is 4. The molecule has 0 atom stereocenters. The van der Waals surface area contributed by atoms with Crippen LogP contribution >= 0.6 is 11.6 Å². The summed E-state index contributed by atoms with van der Waals surface area (Å²) in [5.74, 6) is 0.695. The lowest BCUT2D eigenvalue weighted by molar-refractivity contribution is 0.0954. The molecular formula is C13H14ClN3O. The maximum atomic E-state index is 11.9. The number of aryl methyl sites for hydroxylation is 1. The van der Waals surface area contributed by atoms with E-state index in [0.717, 1.165) is 11.4 Å². The van der Waals surface area contributed by atoms with Gasteiger partial charge < -0.3 is 10.3 Å². The van der Waals surface area contributed by atoms with Crippen molar-refractivity contribution >= 4 is 17.5 Å². The van der Waals surface area contributed by atoms with Gasteiger partial charge in [0.05, 0.1) is 10.6 Å². The van der Waals surface area contributed by atoms with Gasteiger partial charge in [-0.15, -0.1) is 0 Å². The Hall–Kier alpha value is -1.81. The number of aromatic amines is 1. The van der Waals surface area contributed by atoms with Crippen molar-refractivity contribution < 1.29 is 4.79 Å². The minimum absolute atomic E-state index is 0.157. The maximum Gasteiger partial charge on any atom is 0.252 e. The van der Waals surface area contributed by atoms with E-state index in [1.54, 1.807) is 18.5 Å². The van der Waals surface area contributed by atoms with E-state index in [-0.39, 0.29) is 5.91 Å². The first kappa shape index (κ1) is 12.6. The largest absolute Gasteiger partial charge is 0.352 e. The summed E-state index contributed by atoms with van der Waals surface area (Å²) in [5, 5.41) is 3.33. The van der Waals surface area contributed by atoms with Gasteiger partial charge in [-0.3, -0.25) is 4.79 Å². The molecule has 0 saturated carbocycles. The Morgan fingerprint density at radius 2 is 2.33 bits per heavy atom. The van der Waals surface area contributed by atoms with Crippen molar-refractivity contribution in [2.24, 2.45) is 0 Å². The Labute approximate surface area is 110 Å². The van der Waals surface area contributed by atoms with Crippen molar-refractivity contribution in [2.45, 2.75) is 13.3 Å². The molecule has 1 amide bonds. The first-order valence-electron chi connectivity index (χ1n) is 5.70. The summed E-state index contributed by atoms with van der Waals surface area (Å²) in [6, 6.07) is 5.42. The number of hydrogen-bond acceptors (Lipinski definition) is 2. The lowest BCUT2D eigenvalue weighted by Gasteiger charge is -2.07. The average Bonchev–Trinajstić information content (AvgIpc) is 2.85. The van der Waals surface area contributed by atoms with Gasteiger partial charge in [-0.05, 0) is 18.6 Å². The van der Waals surface area contributed by atoms with Crippen LogP contribution in [-0.4, -0.2) is 22.4 Å². The third kappa shape index (κ3) is 2.90. The topological polar surface area (TPSA) is 57.8 Å². The Morgan fingerprint density at radius 3 is 3.06 bits per heavy atom. The lowest BCUT2D eigenvalue weighted by Crippen LogP contribution is -2.26. The van der Waals surface area contributed by atoms with Crippen LogP contribution in [0, 0.1) is 6.92 Å². The van der Waals surface area contributed by atoms with E-state index in [9.17, 15) is 4.79 Å². The molecule has 1 aromatic carbocycles. The van der Waals surface area contributed by atoms with Gasteiger partial charge in [-0.2, -0.15) is 0 Å². The molecule has 0 aliphatic rings. The van der Waals surface area contributed by atoms with Crippen molar-refractivity contribution in [3.05, 3.63) is 52.6 Å². The zero-order valence-electron chi connectivity index (χ0n) is 10.0. The number of aromatic nitrogens is 2. The van der Waals surface area contributed by atoms with Crippen LogP contribution in [0.5, 0.6) is 0 Å². The second-order valence-electron chi connectivity index (χ2n) is 3.98. The third-order valence-corrected chi connectivity index (χ3v) is 3.14. The van der Waals surface area contributed by atoms with Gasteiger partial charge in [0, 0.05) is 25.4 Å². The van der Waals surface area contributed by atoms with E-state index in [1.165, 1.54) is 0 Å². The van der Waals surface area contributed by atoms with Crippen molar-refractivity contribution in [2.75, 3.05) is 6.54 Å². The highest BCUT2D eigenvalue weighted by Gasteiger charge is 2.10.